The minimum absolute atomic E-state index is 0.0754. The Kier molecular flexibility index (Phi) is 6.70. The van der Waals surface area contributed by atoms with Crippen LogP contribution in [-0.4, -0.2) is 45.1 Å². The van der Waals surface area contributed by atoms with Crippen molar-refractivity contribution >= 4 is 28.0 Å². The van der Waals surface area contributed by atoms with Crippen LogP contribution < -0.4 is 4.72 Å². The van der Waals surface area contributed by atoms with Crippen LogP contribution in [0.2, 0.25) is 0 Å². The molecule has 0 amide bonds. The van der Waals surface area contributed by atoms with Gasteiger partial charge in [0.2, 0.25) is 0 Å². The maximum Gasteiger partial charge on any atom is 0.298 e. The van der Waals surface area contributed by atoms with E-state index in [-0.39, 0.29) is 5.78 Å². The lowest BCUT2D eigenvalue weighted by Gasteiger charge is -2.43. The molecule has 166 valence electrons. The Morgan fingerprint density at radius 2 is 1.77 bits per heavy atom. The number of nitrogens with zero attached hydrogens (tertiary/aromatic N) is 1. The van der Waals surface area contributed by atoms with E-state index < -0.39 is 15.6 Å². The zero-order valence-electron chi connectivity index (χ0n) is 18.4. The second kappa shape index (κ2) is 8.95. The van der Waals surface area contributed by atoms with Crippen LogP contribution in [0.25, 0.3) is 5.57 Å². The molecular formula is C23H28N2O5S. The molecule has 0 saturated carbocycles. The number of hydrogen-bond donors (Lipinski definition) is 1. The second-order valence-corrected chi connectivity index (χ2v) is 10.1. The molecule has 1 aliphatic carbocycles. The van der Waals surface area contributed by atoms with Gasteiger partial charge in [-0.25, -0.2) is 4.72 Å². The van der Waals surface area contributed by atoms with Crippen LogP contribution >= 0.6 is 0 Å². The Morgan fingerprint density at radius 1 is 1.16 bits per heavy atom. The predicted octanol–water partition coefficient (Wildman–Crippen LogP) is 2.47. The second-order valence-electron chi connectivity index (χ2n) is 8.26. The number of nitrogens with one attached hydrogen (secondary N) is 1. The molecule has 0 radical (unpaired) electrons. The van der Waals surface area contributed by atoms with E-state index in [1.54, 1.807) is 6.92 Å². The van der Waals surface area contributed by atoms with Crippen LogP contribution in [0.3, 0.4) is 0 Å². The number of carbonyl (C=O) groups excluding carboxylic acids is 2. The van der Waals surface area contributed by atoms with E-state index in [0.29, 0.717) is 56.6 Å². The van der Waals surface area contributed by atoms with Crippen molar-refractivity contribution in [3.8, 4) is 11.8 Å². The highest BCUT2D eigenvalue weighted by Crippen LogP contribution is 2.48. The fraction of sp³-hybridized carbons (Fsp3) is 0.478. The Labute approximate surface area is 184 Å². The van der Waals surface area contributed by atoms with Crippen molar-refractivity contribution in [1.82, 2.24) is 9.03 Å². The van der Waals surface area contributed by atoms with Crippen molar-refractivity contribution in [2.45, 2.75) is 46.5 Å². The van der Waals surface area contributed by atoms with Crippen LogP contribution in [0, 0.1) is 31.1 Å². The zero-order valence-corrected chi connectivity index (χ0v) is 19.2. The van der Waals surface area contributed by atoms with Crippen molar-refractivity contribution in [3.05, 3.63) is 40.1 Å². The summed E-state index contributed by atoms with van der Waals surface area (Å²) in [6.07, 6.45) is 1.79. The van der Waals surface area contributed by atoms with Crippen LogP contribution in [0.4, 0.5) is 0 Å². The van der Waals surface area contributed by atoms with Gasteiger partial charge in [-0.05, 0) is 67.9 Å². The number of allylic oxidation sites excluding steroid dienone is 2. The molecule has 2 aliphatic rings. The Morgan fingerprint density at radius 3 is 2.29 bits per heavy atom. The van der Waals surface area contributed by atoms with E-state index in [0.717, 1.165) is 22.3 Å². The van der Waals surface area contributed by atoms with E-state index in [9.17, 15) is 18.0 Å². The van der Waals surface area contributed by atoms with Gasteiger partial charge in [0.1, 0.15) is 5.76 Å². The molecule has 8 heteroatoms. The highest BCUT2D eigenvalue weighted by molar-refractivity contribution is 7.87. The minimum atomic E-state index is -3.50. The van der Waals surface area contributed by atoms with Crippen LogP contribution in [0.15, 0.2) is 17.9 Å². The van der Waals surface area contributed by atoms with Gasteiger partial charge in [-0.3, -0.25) is 9.59 Å². The Balaban J connectivity index is 1.99. The van der Waals surface area contributed by atoms with Crippen LogP contribution in [0.5, 0.6) is 0 Å². The fourth-order valence-electron chi connectivity index (χ4n) is 4.77. The van der Waals surface area contributed by atoms with Gasteiger partial charge in [0.15, 0.2) is 5.78 Å². The first-order valence-corrected chi connectivity index (χ1v) is 11.7. The van der Waals surface area contributed by atoms with E-state index in [4.69, 9.17) is 4.74 Å². The van der Waals surface area contributed by atoms with Crippen LogP contribution in [-0.2, 0) is 24.5 Å². The third-order valence-electron chi connectivity index (χ3n) is 6.25. The van der Waals surface area contributed by atoms with Gasteiger partial charge in [0.25, 0.3) is 16.7 Å². The topological polar surface area (TPSA) is 92.8 Å². The molecular weight excluding hydrogens is 416 g/mol. The zero-order chi connectivity index (χ0) is 22.8. The number of carbonyl (C=O) groups is 2. The third-order valence-corrected chi connectivity index (χ3v) is 7.81. The normalized spacial score (nSPS) is 19.2. The number of ketones is 1. The number of ether oxygens (including phenoxy) is 1. The minimum Gasteiger partial charge on any atom is -0.432 e. The molecule has 1 N–H and O–H groups in total. The number of benzene rings is 1. The van der Waals surface area contributed by atoms with Gasteiger partial charge in [0, 0.05) is 38.5 Å². The van der Waals surface area contributed by atoms with Gasteiger partial charge in [-0.1, -0.05) is 5.92 Å². The monoisotopic (exact) mass is 444 g/mol. The molecule has 0 atom stereocenters. The molecule has 1 aromatic rings. The average molecular weight is 445 g/mol. The van der Waals surface area contributed by atoms with Gasteiger partial charge in [-0.15, -0.1) is 5.92 Å². The number of rotatable bonds is 5. The summed E-state index contributed by atoms with van der Waals surface area (Å²) < 4.78 is 33.3. The lowest BCUT2D eigenvalue weighted by atomic mass is 9.66. The number of Topliss-reactive ketones (excluding diaryl/α,β-unsaturated/α-hetero) is 1. The van der Waals surface area contributed by atoms with Gasteiger partial charge in [-0.2, -0.15) is 12.7 Å². The smallest absolute Gasteiger partial charge is 0.298 e. The summed E-state index contributed by atoms with van der Waals surface area (Å²) in [5, 5.41) is 0. The molecule has 1 fully saturated rings. The lowest BCUT2D eigenvalue weighted by molar-refractivity contribution is -0.126. The number of piperidine rings is 1. The molecule has 1 aliphatic heterocycles. The summed E-state index contributed by atoms with van der Waals surface area (Å²) >= 11 is 0. The van der Waals surface area contributed by atoms with Crippen molar-refractivity contribution in [2.75, 3.05) is 20.1 Å². The van der Waals surface area contributed by atoms with Crippen LogP contribution in [0.1, 0.15) is 54.9 Å². The van der Waals surface area contributed by atoms with E-state index in [2.05, 4.69) is 16.6 Å². The Bertz CT molecular complexity index is 1080. The third kappa shape index (κ3) is 4.59. The molecule has 31 heavy (non-hydrogen) atoms. The van der Waals surface area contributed by atoms with Crippen molar-refractivity contribution in [3.63, 3.8) is 0 Å². The predicted molar refractivity (Wildman–Crippen MR) is 118 cm³/mol. The highest BCUT2D eigenvalue weighted by Gasteiger charge is 2.45. The Hall–Kier alpha value is -2.47. The standard InChI is InChI=1S/C23H28N2O5S/c1-5-6-18-11-16(2)21(17(3)12-18)22-19(27)13-23(14-20(22)30-15-26)7-9-25(10-8-23)31(28,29)24-4/h11-12,15,24H,7-10,13-14H2,1-4H3. The largest absolute Gasteiger partial charge is 0.432 e. The average Bonchev–Trinajstić information content (AvgIpc) is 2.70. The summed E-state index contributed by atoms with van der Waals surface area (Å²) in [6, 6.07) is 3.87. The summed E-state index contributed by atoms with van der Waals surface area (Å²) in [6.45, 7) is 6.63. The van der Waals surface area contributed by atoms with E-state index in [1.165, 1.54) is 11.4 Å². The summed E-state index contributed by atoms with van der Waals surface area (Å²) in [4.78, 5) is 24.7. The quantitative estimate of drug-likeness (QED) is 0.556. The van der Waals surface area contributed by atoms with Crippen molar-refractivity contribution in [2.24, 2.45) is 5.41 Å². The molecule has 1 heterocycles. The maximum absolute atomic E-state index is 13.4. The molecule has 0 aromatic heterocycles. The number of hydrogen-bond acceptors (Lipinski definition) is 5. The first-order chi connectivity index (χ1) is 14.7. The summed E-state index contributed by atoms with van der Waals surface area (Å²) in [7, 11) is -2.11. The van der Waals surface area contributed by atoms with Gasteiger partial charge in [0.05, 0.1) is 5.57 Å². The first-order valence-electron chi connectivity index (χ1n) is 10.3. The van der Waals surface area contributed by atoms with Crippen molar-refractivity contribution < 1.29 is 22.7 Å². The summed E-state index contributed by atoms with van der Waals surface area (Å²) in [5.74, 6) is 6.22. The molecule has 0 unspecified atom stereocenters. The van der Waals surface area contributed by atoms with Gasteiger partial charge < -0.3 is 4.74 Å². The molecule has 7 nitrogen and oxygen atoms in total. The SMILES string of the molecule is CC#Cc1cc(C)c(C2=C(OC=O)CC3(CCN(S(=O)(=O)NC)CC3)CC2=O)c(C)c1. The molecule has 0 bridgehead atoms. The lowest BCUT2D eigenvalue weighted by Crippen LogP contribution is -2.48. The van der Waals surface area contributed by atoms with E-state index in [1.807, 2.05) is 26.0 Å². The highest BCUT2D eigenvalue weighted by atomic mass is 32.2. The van der Waals surface area contributed by atoms with Gasteiger partial charge >= 0.3 is 0 Å². The number of aryl methyl sites for hydroxylation is 2. The molecule has 1 spiro atoms. The fourth-order valence-corrected chi connectivity index (χ4v) is 5.69. The first kappa shape index (κ1) is 23.2. The summed E-state index contributed by atoms with van der Waals surface area (Å²) in [5.41, 5.74) is 3.51. The molecule has 1 saturated heterocycles. The molecule has 3 rings (SSSR count). The van der Waals surface area contributed by atoms with E-state index >= 15 is 0 Å². The molecule has 1 aromatic carbocycles. The maximum atomic E-state index is 13.4. The van der Waals surface area contributed by atoms with Crippen molar-refractivity contribution in [1.29, 1.82) is 0 Å².